The van der Waals surface area contributed by atoms with Crippen molar-refractivity contribution in [2.24, 2.45) is 0 Å². The standard InChI is InChI=1S/C21H12FN3O/c22-14-6-3-5-13(11-14)20-23-12-24-21(25-20)16-8-4-10-18-19(16)15-7-1-2-9-17(15)26-18/h1-12H. The Morgan fingerprint density at radius 2 is 1.58 bits per heavy atom. The lowest BCUT2D eigenvalue weighted by molar-refractivity contribution is 0.628. The molecule has 0 aliphatic rings. The van der Waals surface area contributed by atoms with Crippen LogP contribution in [0.4, 0.5) is 4.39 Å². The van der Waals surface area contributed by atoms with Gasteiger partial charge in [-0.15, -0.1) is 0 Å². The van der Waals surface area contributed by atoms with Crippen molar-refractivity contribution in [2.45, 2.75) is 0 Å². The van der Waals surface area contributed by atoms with Gasteiger partial charge in [-0.1, -0.05) is 42.5 Å². The third-order valence-electron chi connectivity index (χ3n) is 4.30. The largest absolute Gasteiger partial charge is 0.456 e. The summed E-state index contributed by atoms with van der Waals surface area (Å²) in [7, 11) is 0. The van der Waals surface area contributed by atoms with Crippen LogP contribution in [-0.2, 0) is 0 Å². The van der Waals surface area contributed by atoms with Crippen molar-refractivity contribution in [1.29, 1.82) is 0 Å². The molecule has 0 saturated carbocycles. The van der Waals surface area contributed by atoms with Crippen molar-refractivity contribution in [1.82, 2.24) is 15.0 Å². The van der Waals surface area contributed by atoms with Crippen LogP contribution in [0.15, 0.2) is 77.5 Å². The lowest BCUT2D eigenvalue weighted by atomic mass is 10.1. The van der Waals surface area contributed by atoms with E-state index in [4.69, 9.17) is 4.42 Å². The van der Waals surface area contributed by atoms with Gasteiger partial charge in [-0.2, -0.15) is 0 Å². The minimum absolute atomic E-state index is 0.326. The molecule has 0 N–H and O–H groups in total. The van der Waals surface area contributed by atoms with Gasteiger partial charge >= 0.3 is 0 Å². The maximum Gasteiger partial charge on any atom is 0.164 e. The van der Waals surface area contributed by atoms with E-state index in [1.165, 1.54) is 18.5 Å². The highest BCUT2D eigenvalue weighted by atomic mass is 19.1. The number of benzene rings is 3. The van der Waals surface area contributed by atoms with Crippen LogP contribution in [0.25, 0.3) is 44.7 Å². The smallest absolute Gasteiger partial charge is 0.164 e. The zero-order chi connectivity index (χ0) is 17.5. The Hall–Kier alpha value is -3.60. The van der Waals surface area contributed by atoms with Crippen molar-refractivity contribution in [3.05, 3.63) is 78.9 Å². The SMILES string of the molecule is Fc1cccc(-c2ncnc(-c3cccc4oc5ccccc5c34)n2)c1. The Morgan fingerprint density at radius 1 is 0.769 bits per heavy atom. The van der Waals surface area contributed by atoms with E-state index in [1.54, 1.807) is 12.1 Å². The van der Waals surface area contributed by atoms with E-state index >= 15 is 0 Å². The number of furan rings is 1. The molecule has 0 fully saturated rings. The predicted molar refractivity (Wildman–Crippen MR) is 97.9 cm³/mol. The van der Waals surface area contributed by atoms with Gasteiger partial charge in [0.1, 0.15) is 23.3 Å². The fraction of sp³-hybridized carbons (Fsp3) is 0. The molecular formula is C21H12FN3O. The molecule has 0 amide bonds. The topological polar surface area (TPSA) is 51.8 Å². The second-order valence-electron chi connectivity index (χ2n) is 5.92. The zero-order valence-corrected chi connectivity index (χ0v) is 13.6. The van der Waals surface area contributed by atoms with Gasteiger partial charge < -0.3 is 4.42 Å². The molecule has 5 aromatic rings. The van der Waals surface area contributed by atoms with Crippen molar-refractivity contribution >= 4 is 21.9 Å². The fourth-order valence-corrected chi connectivity index (χ4v) is 3.15. The highest BCUT2D eigenvalue weighted by Gasteiger charge is 2.14. The van der Waals surface area contributed by atoms with E-state index in [2.05, 4.69) is 15.0 Å². The van der Waals surface area contributed by atoms with Gasteiger partial charge in [0.05, 0.1) is 0 Å². The molecule has 5 heteroatoms. The molecule has 0 aliphatic carbocycles. The molecule has 0 spiro atoms. The average molecular weight is 341 g/mol. The van der Waals surface area contributed by atoms with Crippen LogP contribution in [0.5, 0.6) is 0 Å². The van der Waals surface area contributed by atoms with Gasteiger partial charge in [0, 0.05) is 21.9 Å². The summed E-state index contributed by atoms with van der Waals surface area (Å²) in [5.41, 5.74) is 3.05. The molecule has 2 aromatic heterocycles. The van der Waals surface area contributed by atoms with Crippen LogP contribution in [-0.4, -0.2) is 15.0 Å². The maximum atomic E-state index is 13.5. The van der Waals surface area contributed by atoms with Crippen LogP contribution in [0.2, 0.25) is 0 Å². The summed E-state index contributed by atoms with van der Waals surface area (Å²) in [6.45, 7) is 0. The average Bonchev–Trinajstić information content (AvgIpc) is 3.07. The Kier molecular flexibility index (Phi) is 3.25. The van der Waals surface area contributed by atoms with Gasteiger partial charge in [0.15, 0.2) is 11.6 Å². The molecule has 0 bridgehead atoms. The first kappa shape index (κ1) is 14.7. The van der Waals surface area contributed by atoms with Crippen LogP contribution in [0.3, 0.4) is 0 Å². The third-order valence-corrected chi connectivity index (χ3v) is 4.30. The number of aromatic nitrogens is 3. The highest BCUT2D eigenvalue weighted by molar-refractivity contribution is 6.11. The van der Waals surface area contributed by atoms with Gasteiger partial charge in [-0.3, -0.25) is 0 Å². The molecule has 0 radical (unpaired) electrons. The first-order chi connectivity index (χ1) is 12.8. The van der Waals surface area contributed by atoms with Crippen molar-refractivity contribution in [2.75, 3.05) is 0 Å². The van der Waals surface area contributed by atoms with E-state index < -0.39 is 0 Å². The molecule has 2 heterocycles. The molecule has 0 unspecified atom stereocenters. The first-order valence-electron chi connectivity index (χ1n) is 8.15. The Balaban J connectivity index is 1.75. The normalized spacial score (nSPS) is 11.3. The number of fused-ring (bicyclic) bond motifs is 3. The summed E-state index contributed by atoms with van der Waals surface area (Å²) < 4.78 is 19.5. The number of rotatable bonds is 2. The first-order valence-corrected chi connectivity index (χ1v) is 8.15. The number of hydrogen-bond acceptors (Lipinski definition) is 4. The van der Waals surface area contributed by atoms with E-state index in [-0.39, 0.29) is 5.82 Å². The molecule has 0 atom stereocenters. The van der Waals surface area contributed by atoms with E-state index in [0.29, 0.717) is 17.2 Å². The summed E-state index contributed by atoms with van der Waals surface area (Å²) in [6, 6.07) is 19.9. The van der Waals surface area contributed by atoms with Crippen molar-refractivity contribution < 1.29 is 8.81 Å². The minimum atomic E-state index is -0.326. The summed E-state index contributed by atoms with van der Waals surface area (Å²) in [5, 5.41) is 1.96. The predicted octanol–water partition coefficient (Wildman–Crippen LogP) is 5.24. The van der Waals surface area contributed by atoms with Gasteiger partial charge in [-0.25, -0.2) is 19.3 Å². The second kappa shape index (κ2) is 5.74. The Bertz CT molecular complexity index is 1260. The quantitative estimate of drug-likeness (QED) is 0.440. The molecule has 3 aromatic carbocycles. The van der Waals surface area contributed by atoms with Crippen molar-refractivity contribution in [3.63, 3.8) is 0 Å². The Morgan fingerprint density at radius 3 is 2.50 bits per heavy atom. The summed E-state index contributed by atoms with van der Waals surface area (Å²) in [6.07, 6.45) is 1.45. The number of nitrogens with zero attached hydrogens (tertiary/aromatic N) is 3. The Labute approximate surface area is 148 Å². The molecular weight excluding hydrogens is 329 g/mol. The summed E-state index contributed by atoms with van der Waals surface area (Å²) in [5.74, 6) is 0.628. The fourth-order valence-electron chi connectivity index (χ4n) is 3.15. The lowest BCUT2D eigenvalue weighted by Gasteiger charge is -2.05. The van der Waals surface area contributed by atoms with Crippen molar-refractivity contribution in [3.8, 4) is 22.8 Å². The lowest BCUT2D eigenvalue weighted by Crippen LogP contribution is -1.95. The number of halogens is 1. The zero-order valence-electron chi connectivity index (χ0n) is 13.6. The van der Waals surface area contributed by atoms with E-state index in [9.17, 15) is 4.39 Å². The number of para-hydroxylation sites is 1. The van der Waals surface area contributed by atoms with Gasteiger partial charge in [0.25, 0.3) is 0 Å². The maximum absolute atomic E-state index is 13.5. The minimum Gasteiger partial charge on any atom is -0.456 e. The monoisotopic (exact) mass is 341 g/mol. The molecule has 26 heavy (non-hydrogen) atoms. The summed E-state index contributed by atoms with van der Waals surface area (Å²) >= 11 is 0. The van der Waals surface area contributed by atoms with Crippen LogP contribution in [0.1, 0.15) is 0 Å². The highest BCUT2D eigenvalue weighted by Crippen LogP contribution is 2.35. The molecule has 124 valence electrons. The van der Waals surface area contributed by atoms with Gasteiger partial charge in [-0.05, 0) is 24.3 Å². The summed E-state index contributed by atoms with van der Waals surface area (Å²) in [4.78, 5) is 13.1. The number of hydrogen-bond donors (Lipinski definition) is 0. The molecule has 5 rings (SSSR count). The van der Waals surface area contributed by atoms with Crippen LogP contribution >= 0.6 is 0 Å². The molecule has 0 saturated heterocycles. The van der Waals surface area contributed by atoms with E-state index in [1.807, 2.05) is 42.5 Å². The van der Waals surface area contributed by atoms with Crippen LogP contribution in [0, 0.1) is 5.82 Å². The second-order valence-corrected chi connectivity index (χ2v) is 5.92. The third kappa shape index (κ3) is 2.33. The van der Waals surface area contributed by atoms with E-state index in [0.717, 1.165) is 27.5 Å². The van der Waals surface area contributed by atoms with Crippen LogP contribution < -0.4 is 0 Å². The molecule has 4 nitrogen and oxygen atoms in total. The molecule has 0 aliphatic heterocycles. The van der Waals surface area contributed by atoms with Gasteiger partial charge in [0.2, 0.25) is 0 Å².